The van der Waals surface area contributed by atoms with Crippen LogP contribution in [0.5, 0.6) is 0 Å². The van der Waals surface area contributed by atoms with Crippen LogP contribution in [-0.4, -0.2) is 89.8 Å². The van der Waals surface area contributed by atoms with Crippen LogP contribution < -0.4 is 61.0 Å². The van der Waals surface area contributed by atoms with E-state index in [2.05, 4.69) is 219 Å². The minimum atomic E-state index is -0.0948. The number of hydrogen-bond donors (Lipinski definition) is 5. The van der Waals surface area contributed by atoms with Crippen LogP contribution in [-0.2, 0) is 58.5 Å². The number of aryl methyl sites for hydroxylation is 18. The monoisotopic (exact) mass is 1530 g/mol. The molecule has 6 aromatic carbocycles. The van der Waals surface area contributed by atoms with Gasteiger partial charge >= 0.3 is 17.1 Å². The first-order chi connectivity index (χ1) is 53.1. The first-order valence-electron chi connectivity index (χ1n) is 37.1. The molecule has 12 rings (SSSR count). The summed E-state index contributed by atoms with van der Waals surface area (Å²) in [7, 11) is 3.10. The minimum absolute atomic E-state index is 0.0389. The fourth-order valence-electron chi connectivity index (χ4n) is 14.4. The summed E-state index contributed by atoms with van der Waals surface area (Å²) in [5, 5.41) is 35.3. The van der Waals surface area contributed by atoms with Gasteiger partial charge in [0.25, 0.3) is 0 Å². The molecule has 0 atom stereocenters. The first-order valence-corrected chi connectivity index (χ1v) is 39.6. The molecule has 111 heavy (non-hydrogen) atoms. The number of nitriles is 3. The second kappa shape index (κ2) is 39.0. The van der Waals surface area contributed by atoms with Gasteiger partial charge < -0.3 is 16.8 Å². The molecule has 9 aromatic rings. The molecule has 0 fully saturated rings. The Morgan fingerprint density at radius 2 is 0.793 bits per heavy atom. The van der Waals surface area contributed by atoms with Crippen LogP contribution in [0.15, 0.2) is 135 Å². The second-order valence-corrected chi connectivity index (χ2v) is 29.9. The molecule has 0 bridgehead atoms. The van der Waals surface area contributed by atoms with Crippen LogP contribution in [0.4, 0.5) is 17.1 Å². The van der Waals surface area contributed by atoms with Gasteiger partial charge in [-0.05, 0) is 251 Å². The molecule has 0 aliphatic carbocycles. The number of nitrogens with zero attached hydrogens (tertiary/aromatic N) is 15. The van der Waals surface area contributed by atoms with Crippen molar-refractivity contribution in [3.63, 3.8) is 0 Å². The summed E-state index contributed by atoms with van der Waals surface area (Å²) in [5.74, 6) is 0.361. The minimum Gasteiger partial charge on any atom is -0.354 e. The number of thioether (sulfide) groups is 2. The highest BCUT2D eigenvalue weighted by Crippen LogP contribution is 2.35. The first kappa shape index (κ1) is 85.5. The Morgan fingerprint density at radius 3 is 1.09 bits per heavy atom. The predicted octanol–water partition coefficient (Wildman–Crippen LogP) is 12.2. The molecule has 3 aliphatic rings. The zero-order chi connectivity index (χ0) is 81.2. The molecule has 0 saturated carbocycles. The highest BCUT2D eigenvalue weighted by Gasteiger charge is 2.25. The fraction of sp³-hybridized carbons (Fsp3) is 0.372. The molecule has 3 aliphatic heterocycles. The number of aromatic nitrogens is 6. The number of rotatable bonds is 11. The third-order valence-corrected chi connectivity index (χ3v) is 21.4. The number of aliphatic imine (C=N–C) groups is 3. The lowest BCUT2D eigenvalue weighted by atomic mass is 9.93. The van der Waals surface area contributed by atoms with Crippen molar-refractivity contribution in [2.24, 2.45) is 41.4 Å². The molecule has 23 nitrogen and oxygen atoms in total. The van der Waals surface area contributed by atoms with Crippen molar-refractivity contribution < 1.29 is 0 Å². The average molecular weight is 1530 g/mol. The maximum absolute atomic E-state index is 13.8. The largest absolute Gasteiger partial charge is 0.354 e. The maximum atomic E-state index is 13.8. The molecule has 0 radical (unpaired) electrons. The third kappa shape index (κ3) is 20.3. The van der Waals surface area contributed by atoms with Gasteiger partial charge in [-0.2, -0.15) is 20.8 Å². The summed E-state index contributed by atoms with van der Waals surface area (Å²) in [5.41, 5.74) is 42.1. The molecule has 3 aromatic heterocycles. The predicted molar refractivity (Wildman–Crippen MR) is 456 cm³/mol. The van der Waals surface area contributed by atoms with Crippen molar-refractivity contribution in [1.82, 2.24) is 43.4 Å². The van der Waals surface area contributed by atoms with Crippen molar-refractivity contribution >= 4 is 56.8 Å². The van der Waals surface area contributed by atoms with E-state index in [4.69, 9.17) is 36.5 Å². The molecule has 0 amide bonds. The Hall–Kier alpha value is -11.1. The average Bonchev–Trinajstić information content (AvgIpc) is 0.763. The highest BCUT2D eigenvalue weighted by molar-refractivity contribution is 8.13. The van der Waals surface area contributed by atoms with Crippen LogP contribution in [0.3, 0.4) is 0 Å². The topological polar surface area (TPSA) is 314 Å². The quantitative estimate of drug-likeness (QED) is 0.0348. The van der Waals surface area contributed by atoms with Crippen molar-refractivity contribution in [2.75, 3.05) is 46.2 Å². The molecular formula is C86H106N20O3S2. The second-order valence-electron chi connectivity index (χ2n) is 28.1. The summed E-state index contributed by atoms with van der Waals surface area (Å²) < 4.78 is 10.7. The van der Waals surface area contributed by atoms with E-state index >= 15 is 0 Å². The summed E-state index contributed by atoms with van der Waals surface area (Å²) >= 11 is 2.84. The lowest BCUT2D eigenvalue weighted by Gasteiger charge is -2.24. The van der Waals surface area contributed by atoms with Crippen LogP contribution in [0, 0.1) is 138 Å². The Labute approximate surface area is 660 Å². The molecule has 0 saturated heterocycles. The van der Waals surface area contributed by atoms with Crippen molar-refractivity contribution in [3.05, 3.63) is 239 Å². The number of amidine groups is 1. The molecule has 25 heteroatoms. The molecular weight excluding hydrogens is 1430 g/mol. The van der Waals surface area contributed by atoms with E-state index < -0.39 is 0 Å². The van der Waals surface area contributed by atoms with Crippen LogP contribution in [0.25, 0.3) is 33.8 Å². The van der Waals surface area contributed by atoms with Crippen LogP contribution >= 0.6 is 23.5 Å². The van der Waals surface area contributed by atoms with E-state index in [0.717, 1.165) is 109 Å². The Bertz CT molecular complexity index is 5630. The Kier molecular flexibility index (Phi) is 30.0. The zero-order valence-corrected chi connectivity index (χ0v) is 69.7. The Morgan fingerprint density at radius 1 is 0.459 bits per heavy atom. The fourth-order valence-corrected chi connectivity index (χ4v) is 14.9. The van der Waals surface area contributed by atoms with Gasteiger partial charge in [0.1, 0.15) is 16.5 Å². The third-order valence-electron chi connectivity index (χ3n) is 20.1. The van der Waals surface area contributed by atoms with Crippen molar-refractivity contribution in [1.29, 1.82) is 15.8 Å². The van der Waals surface area contributed by atoms with E-state index in [1.807, 2.05) is 50.7 Å². The lowest BCUT2D eigenvalue weighted by molar-refractivity contribution is 0.538. The highest BCUT2D eigenvalue weighted by atomic mass is 32.2. The standard InChI is InChI=1S/C28H33N7O.C28H32N6OS.C25H30N4O.C4H6N2S.CH5N/c1-17-11-20(4)26(21(5)12-17)33-25-15-24-23-14-19(3)18(2)13-22(23)7-9-34(24)28(36)35(25)10-8-31-27(30-6)32-16-29;1-17-11-20(4)26(21(5)12-17)32-25-15-24-23-14-19(3)18(2)13-22(23)7-9-33(24)28(35)34(25)10-8-30-27(36-6)31-16-29;1-15-10-18(4)24(19(5)11-15)27-23-14-22-21-13-17(3)16(2)12-20(21)6-8-28(22)25(30)29(23)9-7-26;1-4(7-2)6-3-5;1-2/h11-15H,7-10H2,1-6H3,(H2,30,31,32);11-15H,7-10H2,1-6H3,(H,30,31);10-14H,6-9,26H2,1-5H3;1-2H3;2H2,1H3. The van der Waals surface area contributed by atoms with E-state index in [1.54, 1.807) is 33.9 Å². The van der Waals surface area contributed by atoms with Gasteiger partial charge in [-0.15, -0.1) is 11.8 Å². The van der Waals surface area contributed by atoms with Gasteiger partial charge in [0.05, 0.1) is 45.7 Å². The van der Waals surface area contributed by atoms with Gasteiger partial charge in [-0.25, -0.2) is 29.4 Å². The van der Waals surface area contributed by atoms with E-state index in [0.29, 0.717) is 86.5 Å². The number of nitrogens with one attached hydrogen (secondary N) is 3. The van der Waals surface area contributed by atoms with Gasteiger partial charge in [-0.1, -0.05) is 83.0 Å². The van der Waals surface area contributed by atoms with Crippen LogP contribution in [0.1, 0.15) is 107 Å². The van der Waals surface area contributed by atoms with Crippen molar-refractivity contribution in [2.45, 2.75) is 169 Å². The maximum Gasteiger partial charge on any atom is 0.330 e. The van der Waals surface area contributed by atoms with Gasteiger partial charge in [0.2, 0.25) is 12.2 Å². The summed E-state index contributed by atoms with van der Waals surface area (Å²) in [6, 6.07) is 32.2. The molecule has 7 N–H and O–H groups in total. The van der Waals surface area contributed by atoms with E-state index in [-0.39, 0.29) is 17.1 Å². The van der Waals surface area contributed by atoms with E-state index in [1.165, 1.54) is 97.3 Å². The molecule has 6 heterocycles. The number of hydrogen-bond acceptors (Lipinski definition) is 16. The van der Waals surface area contributed by atoms with Gasteiger partial charge in [-0.3, -0.25) is 48.0 Å². The Balaban J connectivity index is 0.000000199. The summed E-state index contributed by atoms with van der Waals surface area (Å²) in [4.78, 5) is 68.0. The summed E-state index contributed by atoms with van der Waals surface area (Å²) in [6.45, 7) is 37.4. The van der Waals surface area contributed by atoms with Gasteiger partial charge in [0, 0.05) is 94.3 Å². The normalized spacial score (nSPS) is 12.9. The number of nitrogens with two attached hydrogens (primary N) is 2. The van der Waals surface area contributed by atoms with Crippen molar-refractivity contribution in [3.8, 4) is 52.4 Å². The smallest absolute Gasteiger partial charge is 0.330 e. The number of guanidine groups is 1. The molecule has 580 valence electrons. The lowest BCUT2D eigenvalue weighted by Crippen LogP contribution is -2.45. The van der Waals surface area contributed by atoms with Gasteiger partial charge in [0.15, 0.2) is 17.6 Å². The SMILES string of the molecule is CN.CN=C(NC#N)NCCn1c(=Nc2c(C)cc(C)cc2C)cc2n(c1=O)CCc1cc(C)c(C)cc1-2.CSC(=NCCn1c(=Nc2c(C)cc(C)cc2C)cc2n(c1=O)CCc1cc(C)c(C)cc1-2)NC#N.CSC(C)=NC#N.Cc1cc(C)c(N=c2cc3n(c(=O)n2CCN)CCc2cc(C)c(C)cc2-3)c(C)c1. The van der Waals surface area contributed by atoms with Crippen LogP contribution in [0.2, 0.25) is 0 Å². The summed E-state index contributed by atoms with van der Waals surface area (Å²) in [6.07, 6.45) is 11.7. The number of fused-ring (bicyclic) bond motifs is 9. The number of benzene rings is 6. The molecule has 0 spiro atoms. The molecule has 0 unspecified atom stereocenters. The zero-order valence-electron chi connectivity index (χ0n) is 68.0. The van der Waals surface area contributed by atoms with E-state index in [9.17, 15) is 14.4 Å².